The van der Waals surface area contributed by atoms with E-state index >= 15 is 0 Å². The molecule has 0 saturated carbocycles. The maximum absolute atomic E-state index is 10.5. The topological polar surface area (TPSA) is 132 Å². The van der Waals surface area contributed by atoms with Gasteiger partial charge in [0.25, 0.3) is 0 Å². The first-order chi connectivity index (χ1) is 10.3. The molecule has 2 atom stereocenters. The molecule has 3 N–H and O–H groups in total. The molecule has 0 radical (unpaired) electrons. The van der Waals surface area contributed by atoms with E-state index in [1.54, 1.807) is 0 Å². The summed E-state index contributed by atoms with van der Waals surface area (Å²) in [5.41, 5.74) is 0. The summed E-state index contributed by atoms with van der Waals surface area (Å²) in [6, 6.07) is 0. The van der Waals surface area contributed by atoms with Gasteiger partial charge in [-0.15, -0.1) is 0 Å². The zero-order chi connectivity index (χ0) is 17.0. The van der Waals surface area contributed by atoms with Crippen molar-refractivity contribution < 1.29 is 43.9 Å². The number of hydrogen-bond acceptors (Lipinski definition) is 9. The highest BCUT2D eigenvalue weighted by atomic mass is 16.6. The summed E-state index contributed by atoms with van der Waals surface area (Å²) in [6.45, 7) is 1.73. The van der Waals surface area contributed by atoms with Crippen LogP contribution in [0.15, 0.2) is 0 Å². The van der Waals surface area contributed by atoms with Crippen molar-refractivity contribution in [3.63, 3.8) is 0 Å². The highest BCUT2D eigenvalue weighted by Crippen LogP contribution is 1.94. The van der Waals surface area contributed by atoms with Gasteiger partial charge in [-0.25, -0.2) is 0 Å². The molecule has 0 heterocycles. The van der Waals surface area contributed by atoms with E-state index in [-0.39, 0.29) is 39.6 Å². The average molecular weight is 324 g/mol. The van der Waals surface area contributed by atoms with E-state index in [1.807, 2.05) is 0 Å². The van der Waals surface area contributed by atoms with Crippen LogP contribution in [0.4, 0.5) is 0 Å². The lowest BCUT2D eigenvalue weighted by Gasteiger charge is -2.16. The third kappa shape index (κ3) is 13.7. The predicted octanol–water partition coefficient (Wildman–Crippen LogP) is -1.77. The molecule has 130 valence electrons. The van der Waals surface area contributed by atoms with Crippen LogP contribution in [-0.2, 0) is 28.5 Å². The van der Waals surface area contributed by atoms with Gasteiger partial charge in [-0.05, 0) is 0 Å². The van der Waals surface area contributed by atoms with Gasteiger partial charge < -0.3 is 34.3 Å². The van der Waals surface area contributed by atoms with Crippen LogP contribution in [0.5, 0.6) is 0 Å². The van der Waals surface area contributed by atoms with Gasteiger partial charge in [-0.2, -0.15) is 0 Å². The zero-order valence-electron chi connectivity index (χ0n) is 12.8. The lowest BCUT2D eigenvalue weighted by Crippen LogP contribution is -2.29. The molecule has 0 bridgehead atoms. The van der Waals surface area contributed by atoms with Gasteiger partial charge in [-0.3, -0.25) is 9.59 Å². The minimum absolute atomic E-state index is 0.0861. The van der Waals surface area contributed by atoms with Gasteiger partial charge >= 0.3 is 11.9 Å². The van der Waals surface area contributed by atoms with E-state index in [1.165, 1.54) is 13.8 Å². The summed E-state index contributed by atoms with van der Waals surface area (Å²) in [5, 5.41) is 28.3. The second kappa shape index (κ2) is 12.3. The summed E-state index contributed by atoms with van der Waals surface area (Å²) in [5.74, 6) is -1.00. The van der Waals surface area contributed by atoms with Crippen LogP contribution in [0.1, 0.15) is 13.8 Å². The normalized spacial score (nSPS) is 15.0. The van der Waals surface area contributed by atoms with Crippen LogP contribution in [0.25, 0.3) is 0 Å². The highest BCUT2D eigenvalue weighted by molar-refractivity contribution is 5.66. The molecule has 22 heavy (non-hydrogen) atoms. The summed E-state index contributed by atoms with van der Waals surface area (Å²) in [7, 11) is 0. The van der Waals surface area contributed by atoms with Crippen molar-refractivity contribution in [2.75, 3.05) is 39.6 Å². The van der Waals surface area contributed by atoms with Crippen molar-refractivity contribution in [3.8, 4) is 0 Å². The van der Waals surface area contributed by atoms with Gasteiger partial charge in [0.1, 0.15) is 31.5 Å². The van der Waals surface area contributed by atoms with E-state index in [9.17, 15) is 24.9 Å². The molecular weight excluding hydrogens is 300 g/mol. The van der Waals surface area contributed by atoms with Gasteiger partial charge in [0, 0.05) is 13.8 Å². The quantitative estimate of drug-likeness (QED) is 0.357. The first-order valence-corrected chi connectivity index (χ1v) is 6.77. The molecular formula is C13H24O9. The number of carbonyl (C=O) groups is 2. The SMILES string of the molecule is CC(=O)OCC(O)COCC(O)COCC(O)COC(C)=O. The van der Waals surface area contributed by atoms with Crippen molar-refractivity contribution in [1.82, 2.24) is 0 Å². The second-order valence-electron chi connectivity index (χ2n) is 4.64. The number of rotatable bonds is 12. The number of aliphatic hydroxyl groups is 3. The minimum Gasteiger partial charge on any atom is -0.463 e. The summed E-state index contributed by atoms with van der Waals surface area (Å²) in [6.07, 6.45) is -2.88. The highest BCUT2D eigenvalue weighted by Gasteiger charge is 2.11. The van der Waals surface area contributed by atoms with Crippen molar-refractivity contribution in [2.24, 2.45) is 0 Å². The molecule has 0 aromatic rings. The van der Waals surface area contributed by atoms with Crippen molar-refractivity contribution in [3.05, 3.63) is 0 Å². The maximum atomic E-state index is 10.5. The summed E-state index contributed by atoms with van der Waals surface area (Å²) < 4.78 is 19.2. The Hall–Kier alpha value is -1.26. The number of ether oxygens (including phenoxy) is 4. The lowest BCUT2D eigenvalue weighted by atomic mass is 10.3. The molecule has 0 aliphatic rings. The van der Waals surface area contributed by atoms with Gasteiger partial charge in [-0.1, -0.05) is 0 Å². The molecule has 9 nitrogen and oxygen atoms in total. The first-order valence-electron chi connectivity index (χ1n) is 6.77. The molecule has 0 spiro atoms. The Bertz CT molecular complexity index is 291. The number of esters is 2. The van der Waals surface area contributed by atoms with Crippen LogP contribution in [0.3, 0.4) is 0 Å². The molecule has 0 aromatic carbocycles. The first kappa shape index (κ1) is 20.7. The van der Waals surface area contributed by atoms with E-state index in [0.29, 0.717) is 0 Å². The molecule has 0 aromatic heterocycles. The van der Waals surface area contributed by atoms with Crippen LogP contribution < -0.4 is 0 Å². The fraction of sp³-hybridized carbons (Fsp3) is 0.846. The Balaban J connectivity index is 3.55. The van der Waals surface area contributed by atoms with Gasteiger partial charge in [0.2, 0.25) is 0 Å². The molecule has 0 rings (SSSR count). The molecule has 0 aliphatic carbocycles. The number of aliphatic hydroxyl groups excluding tert-OH is 3. The zero-order valence-corrected chi connectivity index (χ0v) is 12.8. The van der Waals surface area contributed by atoms with Crippen molar-refractivity contribution >= 4 is 11.9 Å². The van der Waals surface area contributed by atoms with Crippen LogP contribution in [0, 0.1) is 0 Å². The van der Waals surface area contributed by atoms with Crippen molar-refractivity contribution in [2.45, 2.75) is 32.2 Å². The van der Waals surface area contributed by atoms with E-state index in [2.05, 4.69) is 9.47 Å². The predicted molar refractivity (Wildman–Crippen MR) is 72.9 cm³/mol. The Morgan fingerprint density at radius 2 is 0.955 bits per heavy atom. The number of hydrogen-bond donors (Lipinski definition) is 3. The Kier molecular flexibility index (Phi) is 11.6. The fourth-order valence-electron chi connectivity index (χ4n) is 1.25. The molecule has 0 fully saturated rings. The van der Waals surface area contributed by atoms with Crippen molar-refractivity contribution in [1.29, 1.82) is 0 Å². The lowest BCUT2D eigenvalue weighted by molar-refractivity contribution is -0.145. The Labute approximate surface area is 128 Å². The van der Waals surface area contributed by atoms with Crippen LogP contribution in [-0.4, -0.2) is 85.2 Å². The van der Waals surface area contributed by atoms with Crippen LogP contribution in [0.2, 0.25) is 0 Å². The van der Waals surface area contributed by atoms with Crippen LogP contribution >= 0.6 is 0 Å². The minimum atomic E-state index is -0.970. The Morgan fingerprint density at radius 3 is 1.23 bits per heavy atom. The molecule has 0 saturated heterocycles. The maximum Gasteiger partial charge on any atom is 0.302 e. The third-order valence-electron chi connectivity index (χ3n) is 2.20. The van der Waals surface area contributed by atoms with E-state index in [4.69, 9.17) is 9.47 Å². The fourth-order valence-corrected chi connectivity index (χ4v) is 1.25. The monoisotopic (exact) mass is 324 g/mol. The largest absolute Gasteiger partial charge is 0.463 e. The smallest absolute Gasteiger partial charge is 0.302 e. The third-order valence-corrected chi connectivity index (χ3v) is 2.20. The van der Waals surface area contributed by atoms with E-state index < -0.39 is 30.3 Å². The second-order valence-corrected chi connectivity index (χ2v) is 4.64. The average Bonchev–Trinajstić information content (AvgIpc) is 2.43. The molecule has 0 aliphatic heterocycles. The summed E-state index contributed by atoms with van der Waals surface area (Å²) in [4.78, 5) is 21.0. The standard InChI is InChI=1S/C13H24O9/c1-9(14)21-7-12(17)5-19-3-11(16)4-20-6-13(18)8-22-10(2)15/h11-13,16-18H,3-8H2,1-2H3. The summed E-state index contributed by atoms with van der Waals surface area (Å²) >= 11 is 0. The molecule has 0 amide bonds. The number of carbonyl (C=O) groups excluding carboxylic acids is 2. The Morgan fingerprint density at radius 1 is 0.682 bits per heavy atom. The molecule has 2 unspecified atom stereocenters. The van der Waals surface area contributed by atoms with Gasteiger partial charge in [0.15, 0.2) is 0 Å². The van der Waals surface area contributed by atoms with E-state index in [0.717, 1.165) is 0 Å². The molecule has 9 heteroatoms. The van der Waals surface area contributed by atoms with Gasteiger partial charge in [0.05, 0.1) is 26.4 Å².